The second-order valence-electron chi connectivity index (χ2n) is 10.2. The highest BCUT2D eigenvalue weighted by Crippen LogP contribution is 2.46. The summed E-state index contributed by atoms with van der Waals surface area (Å²) in [7, 11) is 0. The summed E-state index contributed by atoms with van der Waals surface area (Å²) < 4.78 is 6.01. The summed E-state index contributed by atoms with van der Waals surface area (Å²) in [6, 6.07) is 24.8. The Kier molecular flexibility index (Phi) is 5.49. The molecule has 0 radical (unpaired) electrons. The fraction of sp³-hybridized carbons (Fsp3) is 0.323. The summed E-state index contributed by atoms with van der Waals surface area (Å²) in [4.78, 5) is 15.4. The third-order valence-corrected chi connectivity index (χ3v) is 8.24. The zero-order chi connectivity index (χ0) is 24.0. The zero-order valence-electron chi connectivity index (χ0n) is 19.9. The molecule has 4 heteroatoms. The summed E-state index contributed by atoms with van der Waals surface area (Å²) in [5.41, 5.74) is 5.93. The zero-order valence-corrected chi connectivity index (χ0v) is 19.9. The van der Waals surface area contributed by atoms with E-state index in [9.17, 15) is 9.90 Å². The van der Waals surface area contributed by atoms with Crippen molar-refractivity contribution in [3.8, 4) is 11.1 Å². The van der Waals surface area contributed by atoms with Gasteiger partial charge in [-0.15, -0.1) is 0 Å². The average Bonchev–Trinajstić information content (AvgIpc) is 3.20. The fourth-order valence-electron chi connectivity index (χ4n) is 6.56. The summed E-state index contributed by atoms with van der Waals surface area (Å²) in [5.74, 6) is 0.0521. The number of hydrogen-bond acceptors (Lipinski definition) is 3. The summed E-state index contributed by atoms with van der Waals surface area (Å²) in [6.45, 7) is 4.15. The van der Waals surface area contributed by atoms with Crippen molar-refractivity contribution >= 4 is 12.2 Å². The van der Waals surface area contributed by atoms with Gasteiger partial charge in [-0.2, -0.15) is 0 Å². The van der Waals surface area contributed by atoms with E-state index in [1.807, 2.05) is 35.2 Å². The number of fused-ring (bicyclic) bond motifs is 5. The Balaban J connectivity index is 1.20. The van der Waals surface area contributed by atoms with Crippen molar-refractivity contribution in [3.63, 3.8) is 0 Å². The molecule has 3 aliphatic rings. The van der Waals surface area contributed by atoms with Crippen molar-refractivity contribution in [2.24, 2.45) is 0 Å². The number of ether oxygens (including phenoxy) is 1. The van der Waals surface area contributed by atoms with Gasteiger partial charge in [0, 0.05) is 30.8 Å². The molecule has 2 fully saturated rings. The minimum Gasteiger partial charge on any atom is -0.448 e. The molecule has 2 aliphatic heterocycles. The molecule has 35 heavy (non-hydrogen) atoms. The van der Waals surface area contributed by atoms with Crippen LogP contribution in [-0.2, 0) is 10.3 Å². The van der Waals surface area contributed by atoms with Crippen molar-refractivity contribution in [2.45, 2.75) is 55.7 Å². The molecule has 0 aromatic heterocycles. The predicted molar refractivity (Wildman–Crippen MR) is 138 cm³/mol. The highest BCUT2D eigenvalue weighted by Gasteiger charge is 2.48. The Morgan fingerprint density at radius 2 is 1.51 bits per heavy atom. The Labute approximate surface area is 206 Å². The van der Waals surface area contributed by atoms with Crippen LogP contribution in [-0.4, -0.2) is 34.8 Å². The van der Waals surface area contributed by atoms with Gasteiger partial charge < -0.3 is 14.7 Å². The number of nitrogens with zero attached hydrogens (tertiary/aromatic N) is 1. The molecule has 0 saturated carbocycles. The number of rotatable bonds is 4. The van der Waals surface area contributed by atoms with E-state index in [2.05, 4.69) is 55.1 Å². The van der Waals surface area contributed by atoms with E-state index in [0.29, 0.717) is 19.4 Å². The van der Waals surface area contributed by atoms with E-state index in [1.165, 1.54) is 22.3 Å². The molecule has 1 amide bonds. The molecule has 1 N–H and O–H groups in total. The molecule has 1 aliphatic carbocycles. The molecular weight excluding hydrogens is 434 g/mol. The first-order chi connectivity index (χ1) is 17.1. The maximum absolute atomic E-state index is 13.4. The first kappa shape index (κ1) is 22.1. The first-order valence-electron chi connectivity index (χ1n) is 12.7. The first-order valence-corrected chi connectivity index (χ1v) is 12.7. The van der Waals surface area contributed by atoms with E-state index in [1.54, 1.807) is 0 Å². The van der Waals surface area contributed by atoms with Gasteiger partial charge in [-0.05, 0) is 52.6 Å². The number of benzene rings is 3. The minimum absolute atomic E-state index is 0.0118. The summed E-state index contributed by atoms with van der Waals surface area (Å²) in [6.07, 6.45) is 5.52. The summed E-state index contributed by atoms with van der Waals surface area (Å²) >= 11 is 0. The van der Waals surface area contributed by atoms with Crippen LogP contribution in [0.5, 0.6) is 0 Å². The smallest absolute Gasteiger partial charge is 0.410 e. The Hall–Kier alpha value is -3.37. The van der Waals surface area contributed by atoms with Gasteiger partial charge in [-0.25, -0.2) is 4.79 Å². The molecule has 2 heterocycles. The predicted octanol–water partition coefficient (Wildman–Crippen LogP) is 6.48. The van der Waals surface area contributed by atoms with Gasteiger partial charge in [0.05, 0.1) is 5.60 Å². The topological polar surface area (TPSA) is 49.8 Å². The lowest BCUT2D eigenvalue weighted by molar-refractivity contribution is -0.0891. The van der Waals surface area contributed by atoms with Crippen molar-refractivity contribution in [1.82, 2.24) is 4.90 Å². The second kappa shape index (κ2) is 8.69. The molecule has 3 aromatic carbocycles. The molecule has 6 rings (SSSR count). The van der Waals surface area contributed by atoms with Gasteiger partial charge in [0.2, 0.25) is 0 Å². The van der Waals surface area contributed by atoms with E-state index < -0.39 is 5.60 Å². The lowest BCUT2D eigenvalue weighted by Crippen LogP contribution is -2.59. The summed E-state index contributed by atoms with van der Waals surface area (Å²) in [5, 5.41) is 11.6. The van der Waals surface area contributed by atoms with Crippen molar-refractivity contribution in [2.75, 3.05) is 6.61 Å². The average molecular weight is 466 g/mol. The van der Waals surface area contributed by atoms with E-state index in [-0.39, 0.29) is 24.1 Å². The molecular formula is C31H31NO3. The third kappa shape index (κ3) is 3.77. The Morgan fingerprint density at radius 3 is 2.09 bits per heavy atom. The van der Waals surface area contributed by atoms with Gasteiger partial charge in [0.1, 0.15) is 6.61 Å². The lowest BCUT2D eigenvalue weighted by atomic mass is 9.72. The van der Waals surface area contributed by atoms with Gasteiger partial charge in [0.15, 0.2) is 0 Å². The number of carbonyl (C=O) groups is 1. The molecule has 2 atom stereocenters. The minimum atomic E-state index is -0.921. The van der Waals surface area contributed by atoms with Crippen LogP contribution < -0.4 is 0 Å². The monoisotopic (exact) mass is 465 g/mol. The van der Waals surface area contributed by atoms with Crippen LogP contribution in [0.2, 0.25) is 0 Å². The fourth-order valence-corrected chi connectivity index (χ4v) is 6.56. The molecule has 2 bridgehead atoms. The molecule has 2 saturated heterocycles. The van der Waals surface area contributed by atoms with E-state index in [4.69, 9.17) is 4.74 Å². The maximum Gasteiger partial charge on any atom is 0.410 e. The second-order valence-corrected chi connectivity index (χ2v) is 10.2. The van der Waals surface area contributed by atoms with Crippen LogP contribution in [0, 0.1) is 0 Å². The van der Waals surface area contributed by atoms with Crippen LogP contribution in [0.4, 0.5) is 4.79 Å². The van der Waals surface area contributed by atoms with Gasteiger partial charge in [-0.3, -0.25) is 0 Å². The van der Waals surface area contributed by atoms with Crippen LogP contribution in [0.25, 0.3) is 17.2 Å². The maximum atomic E-state index is 13.4. The van der Waals surface area contributed by atoms with E-state index in [0.717, 1.165) is 30.4 Å². The van der Waals surface area contributed by atoms with Gasteiger partial charge >= 0.3 is 6.09 Å². The number of aliphatic hydroxyl groups is 1. The number of carbonyl (C=O) groups excluding carboxylic acids is 1. The Morgan fingerprint density at radius 1 is 0.943 bits per heavy atom. The molecule has 178 valence electrons. The number of amides is 1. The molecule has 2 unspecified atom stereocenters. The highest BCUT2D eigenvalue weighted by atomic mass is 16.6. The number of hydrogen-bond donors (Lipinski definition) is 1. The lowest BCUT2D eigenvalue weighted by Gasteiger charge is -2.51. The molecule has 3 aromatic rings. The highest BCUT2D eigenvalue weighted by molar-refractivity contribution is 5.79. The SMILES string of the molecule is C=Cc1ccc(C2(O)CC3CCCC(C2)N3C(=O)OCC2c3ccccc3-c3ccccc32)cc1. The van der Waals surface area contributed by atoms with Gasteiger partial charge in [0.25, 0.3) is 0 Å². The van der Waals surface area contributed by atoms with Crippen molar-refractivity contribution < 1.29 is 14.6 Å². The number of piperidine rings is 2. The van der Waals surface area contributed by atoms with Crippen molar-refractivity contribution in [3.05, 3.63) is 102 Å². The van der Waals surface area contributed by atoms with Crippen molar-refractivity contribution in [1.29, 1.82) is 0 Å². The van der Waals surface area contributed by atoms with Crippen LogP contribution in [0.1, 0.15) is 60.3 Å². The van der Waals surface area contributed by atoms with Crippen LogP contribution in [0.15, 0.2) is 79.4 Å². The van der Waals surface area contributed by atoms with Gasteiger partial charge in [-0.1, -0.05) is 85.5 Å². The third-order valence-electron chi connectivity index (χ3n) is 8.24. The molecule has 4 nitrogen and oxygen atoms in total. The normalized spacial score (nSPS) is 25.0. The van der Waals surface area contributed by atoms with Crippen LogP contribution >= 0.6 is 0 Å². The largest absolute Gasteiger partial charge is 0.448 e. The van der Waals surface area contributed by atoms with E-state index >= 15 is 0 Å². The Bertz CT molecular complexity index is 1200. The quantitative estimate of drug-likeness (QED) is 0.480. The van der Waals surface area contributed by atoms with Crippen LogP contribution in [0.3, 0.4) is 0 Å². The molecule has 0 spiro atoms. The standard InChI is InChI=1S/C31H31NO3/c1-2-21-14-16-22(17-15-21)31(34)18-23-8-7-9-24(19-31)32(23)30(33)35-20-29-27-12-5-3-10-25(27)26-11-4-6-13-28(26)29/h2-6,10-17,23-24,29,34H,1,7-9,18-20H2.